The van der Waals surface area contributed by atoms with Crippen LogP contribution < -0.4 is 10.1 Å². The first-order valence-electron chi connectivity index (χ1n) is 13.0. The van der Waals surface area contributed by atoms with Gasteiger partial charge in [-0.1, -0.05) is 12.1 Å². The molecular weight excluding hydrogens is 494 g/mol. The number of amides is 2. The van der Waals surface area contributed by atoms with Crippen molar-refractivity contribution in [2.45, 2.75) is 45.2 Å². The number of hydrogen-bond acceptors (Lipinski definition) is 7. The average Bonchev–Trinajstić information content (AvgIpc) is 3.53. The Balaban J connectivity index is 1.25. The molecule has 4 aromatic rings. The Morgan fingerprint density at radius 3 is 2.69 bits per heavy atom. The number of carbonyl (C=O) groups excluding carboxylic acids is 2. The summed E-state index contributed by atoms with van der Waals surface area (Å²) in [6, 6.07) is 14.4. The molecule has 0 bridgehead atoms. The van der Waals surface area contributed by atoms with Crippen LogP contribution in [0.2, 0.25) is 0 Å². The van der Waals surface area contributed by atoms with E-state index in [-0.39, 0.29) is 17.4 Å². The van der Waals surface area contributed by atoms with Gasteiger partial charge in [0.2, 0.25) is 0 Å². The van der Waals surface area contributed by atoms with Gasteiger partial charge in [-0.2, -0.15) is 0 Å². The largest absolute Gasteiger partial charge is 0.496 e. The van der Waals surface area contributed by atoms with Crippen LogP contribution in [0.3, 0.4) is 0 Å². The first-order valence-corrected chi connectivity index (χ1v) is 13.0. The van der Waals surface area contributed by atoms with Crippen molar-refractivity contribution in [1.82, 2.24) is 29.6 Å². The Labute approximate surface area is 226 Å². The van der Waals surface area contributed by atoms with Gasteiger partial charge in [0.05, 0.1) is 12.7 Å². The normalized spacial score (nSPS) is 15.4. The second kappa shape index (κ2) is 9.61. The van der Waals surface area contributed by atoms with Crippen LogP contribution in [-0.4, -0.2) is 55.1 Å². The molecule has 1 aromatic carbocycles. The molecule has 3 aromatic heterocycles. The highest BCUT2D eigenvalue weighted by Gasteiger charge is 2.34. The molecule has 0 fully saturated rings. The fraction of sp³-hybridized carbons (Fsp3) is 0.310. The number of nitrogens with one attached hydrogen (secondary N) is 1. The molecular formula is C29H29N7O3. The van der Waals surface area contributed by atoms with E-state index in [1.165, 1.54) is 0 Å². The molecule has 39 heavy (non-hydrogen) atoms. The SMILES string of the molecule is COc1cc2c(cc1C(=O)Nc1cccc(-c3nnc4n3C(C)(C)CC4)n1)CN(C(=O)c1ccccn1)CC2. The first kappa shape index (κ1) is 24.7. The number of methoxy groups -OCH3 is 1. The number of pyridine rings is 2. The zero-order chi connectivity index (χ0) is 27.1. The number of carbonyl (C=O) groups is 2. The standard InChI is InChI=1S/C29H29N7O3/c1-29(2)12-10-25-33-34-26(36(25)29)21-8-6-9-24(31-21)32-27(37)20-15-19-17-35(14-11-18(19)16-23(20)39-3)28(38)22-7-4-5-13-30-22/h4-9,13,15-16H,10-12,14,17H2,1-3H3,(H,31,32,37). The third-order valence-corrected chi connectivity index (χ3v) is 7.47. The molecule has 0 radical (unpaired) electrons. The van der Waals surface area contributed by atoms with Crippen molar-refractivity contribution in [3.05, 3.63) is 82.9 Å². The summed E-state index contributed by atoms with van der Waals surface area (Å²) in [6.07, 6.45) is 4.14. The maximum atomic E-state index is 13.4. The third-order valence-electron chi connectivity index (χ3n) is 7.47. The van der Waals surface area contributed by atoms with E-state index >= 15 is 0 Å². The van der Waals surface area contributed by atoms with Gasteiger partial charge in [-0.3, -0.25) is 14.6 Å². The van der Waals surface area contributed by atoms with E-state index in [0.29, 0.717) is 53.9 Å². The fourth-order valence-electron chi connectivity index (χ4n) is 5.38. The molecule has 0 atom stereocenters. The predicted octanol–water partition coefficient (Wildman–Crippen LogP) is 3.88. The third kappa shape index (κ3) is 4.52. The number of ether oxygens (including phenoxy) is 1. The lowest BCUT2D eigenvalue weighted by Gasteiger charge is -2.29. The molecule has 10 heteroatoms. The van der Waals surface area contributed by atoms with Crippen molar-refractivity contribution in [2.75, 3.05) is 19.0 Å². The van der Waals surface area contributed by atoms with Crippen molar-refractivity contribution >= 4 is 17.6 Å². The zero-order valence-corrected chi connectivity index (χ0v) is 22.1. The predicted molar refractivity (Wildman–Crippen MR) is 145 cm³/mol. The molecule has 0 spiro atoms. The van der Waals surface area contributed by atoms with Crippen LogP contribution >= 0.6 is 0 Å². The van der Waals surface area contributed by atoms with Crippen LogP contribution in [0.4, 0.5) is 5.82 Å². The van der Waals surface area contributed by atoms with E-state index in [2.05, 4.69) is 43.9 Å². The second-order valence-corrected chi connectivity index (χ2v) is 10.5. The molecule has 1 N–H and O–H groups in total. The molecule has 2 aliphatic heterocycles. The van der Waals surface area contributed by atoms with E-state index in [1.54, 1.807) is 48.5 Å². The molecule has 0 unspecified atom stereocenters. The van der Waals surface area contributed by atoms with Crippen LogP contribution in [0.1, 0.15) is 58.1 Å². The molecule has 198 valence electrons. The lowest BCUT2D eigenvalue weighted by molar-refractivity contribution is 0.0728. The highest BCUT2D eigenvalue weighted by Crippen LogP contribution is 2.35. The van der Waals surface area contributed by atoms with Gasteiger partial charge in [0.1, 0.15) is 28.8 Å². The van der Waals surface area contributed by atoms with Crippen LogP contribution in [-0.2, 0) is 24.9 Å². The van der Waals surface area contributed by atoms with Crippen LogP contribution in [0.15, 0.2) is 54.7 Å². The van der Waals surface area contributed by atoms with Gasteiger partial charge in [0, 0.05) is 31.2 Å². The first-order chi connectivity index (χ1) is 18.8. The Morgan fingerprint density at radius 1 is 1.03 bits per heavy atom. The summed E-state index contributed by atoms with van der Waals surface area (Å²) in [4.78, 5) is 37.0. The molecule has 6 rings (SSSR count). The Kier molecular flexibility index (Phi) is 6.09. The maximum Gasteiger partial charge on any atom is 0.272 e. The topological polar surface area (TPSA) is 115 Å². The summed E-state index contributed by atoms with van der Waals surface area (Å²) in [7, 11) is 1.55. The monoisotopic (exact) mass is 523 g/mol. The lowest BCUT2D eigenvalue weighted by Crippen LogP contribution is -2.36. The Morgan fingerprint density at radius 2 is 1.90 bits per heavy atom. The Hall–Kier alpha value is -4.60. The van der Waals surface area contributed by atoms with Gasteiger partial charge in [-0.05, 0) is 74.2 Å². The highest BCUT2D eigenvalue weighted by atomic mass is 16.5. The van der Waals surface area contributed by atoms with Gasteiger partial charge in [0.15, 0.2) is 5.82 Å². The quantitative estimate of drug-likeness (QED) is 0.422. The van der Waals surface area contributed by atoms with E-state index in [1.807, 2.05) is 18.2 Å². The summed E-state index contributed by atoms with van der Waals surface area (Å²) in [5.41, 5.74) is 3.27. The maximum absolute atomic E-state index is 13.4. The van der Waals surface area contributed by atoms with Gasteiger partial charge in [-0.25, -0.2) is 4.98 Å². The van der Waals surface area contributed by atoms with E-state index in [4.69, 9.17) is 4.74 Å². The smallest absolute Gasteiger partial charge is 0.272 e. The van der Waals surface area contributed by atoms with Crippen LogP contribution in [0, 0.1) is 0 Å². The van der Waals surface area contributed by atoms with Crippen molar-refractivity contribution in [3.8, 4) is 17.3 Å². The fourth-order valence-corrected chi connectivity index (χ4v) is 5.38. The number of anilines is 1. The number of fused-ring (bicyclic) bond motifs is 2. The lowest BCUT2D eigenvalue weighted by atomic mass is 9.96. The molecule has 0 aliphatic carbocycles. The summed E-state index contributed by atoms with van der Waals surface area (Å²) in [5.74, 6) is 2.03. The number of aromatic nitrogens is 5. The molecule has 5 heterocycles. The van der Waals surface area contributed by atoms with Crippen LogP contribution in [0.5, 0.6) is 5.75 Å². The summed E-state index contributed by atoms with van der Waals surface area (Å²) < 4.78 is 7.71. The molecule has 2 aliphatic rings. The van der Waals surface area contributed by atoms with E-state index < -0.39 is 0 Å². The molecule has 10 nitrogen and oxygen atoms in total. The van der Waals surface area contributed by atoms with Gasteiger partial charge >= 0.3 is 0 Å². The number of benzene rings is 1. The van der Waals surface area contributed by atoms with Crippen molar-refractivity contribution in [1.29, 1.82) is 0 Å². The molecule has 0 saturated heterocycles. The summed E-state index contributed by atoms with van der Waals surface area (Å²) in [5, 5.41) is 11.6. The minimum atomic E-state index is -0.348. The minimum Gasteiger partial charge on any atom is -0.496 e. The Bertz CT molecular complexity index is 1580. The van der Waals surface area contributed by atoms with E-state index in [0.717, 1.165) is 29.8 Å². The van der Waals surface area contributed by atoms with Crippen LogP contribution in [0.25, 0.3) is 11.5 Å². The average molecular weight is 524 g/mol. The van der Waals surface area contributed by atoms with Crippen molar-refractivity contribution in [3.63, 3.8) is 0 Å². The number of nitrogens with zero attached hydrogens (tertiary/aromatic N) is 6. The van der Waals surface area contributed by atoms with Gasteiger partial charge in [0.25, 0.3) is 11.8 Å². The molecule has 0 saturated carbocycles. The van der Waals surface area contributed by atoms with E-state index in [9.17, 15) is 9.59 Å². The number of hydrogen-bond donors (Lipinski definition) is 1. The zero-order valence-electron chi connectivity index (χ0n) is 22.1. The number of aryl methyl sites for hydroxylation is 1. The summed E-state index contributed by atoms with van der Waals surface area (Å²) >= 11 is 0. The number of rotatable bonds is 5. The molecule has 2 amide bonds. The highest BCUT2D eigenvalue weighted by molar-refractivity contribution is 6.06. The summed E-state index contributed by atoms with van der Waals surface area (Å²) in [6.45, 7) is 5.28. The van der Waals surface area contributed by atoms with Gasteiger partial charge < -0.3 is 19.5 Å². The van der Waals surface area contributed by atoms with Crippen molar-refractivity contribution < 1.29 is 14.3 Å². The minimum absolute atomic E-state index is 0.0998. The van der Waals surface area contributed by atoms with Crippen molar-refractivity contribution in [2.24, 2.45) is 0 Å². The van der Waals surface area contributed by atoms with Gasteiger partial charge in [-0.15, -0.1) is 10.2 Å². The second-order valence-electron chi connectivity index (χ2n) is 10.5.